The minimum atomic E-state index is -2.49. The molecular formula is C12H18F2N4. The van der Waals surface area contributed by atoms with Crippen LogP contribution in [0.25, 0.3) is 0 Å². The summed E-state index contributed by atoms with van der Waals surface area (Å²) in [5.41, 5.74) is 0.377. The van der Waals surface area contributed by atoms with E-state index in [9.17, 15) is 8.78 Å². The molecule has 1 N–H and O–H groups in total. The smallest absolute Gasteiger partial charge is 0.316 e. The quantitative estimate of drug-likeness (QED) is 0.889. The maximum absolute atomic E-state index is 12.7. The highest BCUT2D eigenvalue weighted by molar-refractivity contribution is 4.99. The molecule has 18 heavy (non-hydrogen) atoms. The van der Waals surface area contributed by atoms with Gasteiger partial charge in [-0.15, -0.1) is 0 Å². The highest BCUT2D eigenvalue weighted by Crippen LogP contribution is 2.36. The van der Waals surface area contributed by atoms with Gasteiger partial charge < -0.3 is 5.32 Å². The van der Waals surface area contributed by atoms with Gasteiger partial charge in [0, 0.05) is 25.5 Å². The first-order valence-electron chi connectivity index (χ1n) is 6.42. The van der Waals surface area contributed by atoms with Crippen molar-refractivity contribution >= 4 is 0 Å². The first kappa shape index (κ1) is 12.0. The molecule has 0 aliphatic carbocycles. The third kappa shape index (κ3) is 2.14. The fourth-order valence-electron chi connectivity index (χ4n) is 3.15. The zero-order valence-electron chi connectivity index (χ0n) is 10.3. The monoisotopic (exact) mass is 256 g/mol. The predicted molar refractivity (Wildman–Crippen MR) is 63.3 cm³/mol. The summed E-state index contributed by atoms with van der Waals surface area (Å²) in [5, 5.41) is 3.40. The van der Waals surface area contributed by atoms with Crippen LogP contribution in [0.1, 0.15) is 25.2 Å². The molecule has 0 radical (unpaired) electrons. The van der Waals surface area contributed by atoms with Gasteiger partial charge in [-0.25, -0.2) is 4.98 Å². The Hall–Kier alpha value is -1.01. The average molecular weight is 256 g/mol. The first-order valence-corrected chi connectivity index (χ1v) is 6.42. The minimum absolute atomic E-state index is 0.377. The lowest BCUT2D eigenvalue weighted by Gasteiger charge is -2.22. The zero-order chi connectivity index (χ0) is 12.6. The molecule has 1 aromatic rings. The molecule has 0 aromatic carbocycles. The third-order valence-electron chi connectivity index (χ3n) is 4.17. The second kappa shape index (κ2) is 4.59. The molecule has 0 saturated carbocycles. The van der Waals surface area contributed by atoms with Crippen molar-refractivity contribution in [3.8, 4) is 0 Å². The molecule has 3 heterocycles. The highest BCUT2D eigenvalue weighted by atomic mass is 19.3. The van der Waals surface area contributed by atoms with Crippen molar-refractivity contribution < 1.29 is 8.78 Å². The molecule has 0 amide bonds. The Bertz CT molecular complexity index is 412. The lowest BCUT2D eigenvalue weighted by molar-refractivity contribution is 0.0642. The summed E-state index contributed by atoms with van der Waals surface area (Å²) in [6.07, 6.45) is 5.16. The van der Waals surface area contributed by atoms with Gasteiger partial charge in [-0.1, -0.05) is 0 Å². The van der Waals surface area contributed by atoms with E-state index >= 15 is 0 Å². The summed E-state index contributed by atoms with van der Waals surface area (Å²) in [6.45, 7) is 2.16. The van der Waals surface area contributed by atoms with Crippen molar-refractivity contribution in [1.82, 2.24) is 19.8 Å². The van der Waals surface area contributed by atoms with E-state index in [4.69, 9.17) is 0 Å². The van der Waals surface area contributed by atoms with E-state index in [0.717, 1.165) is 37.2 Å². The molecule has 2 aliphatic heterocycles. The van der Waals surface area contributed by atoms with Crippen LogP contribution < -0.4 is 5.32 Å². The average Bonchev–Trinajstić information content (AvgIpc) is 3.03. The Kier molecular flexibility index (Phi) is 3.07. The number of likely N-dealkylation sites (tertiary alicyclic amines) is 1. The van der Waals surface area contributed by atoms with Gasteiger partial charge in [0.05, 0.1) is 6.54 Å². The summed E-state index contributed by atoms with van der Waals surface area (Å²) >= 11 is 0. The van der Waals surface area contributed by atoms with E-state index in [-0.39, 0.29) is 0 Å². The van der Waals surface area contributed by atoms with E-state index in [1.54, 1.807) is 0 Å². The summed E-state index contributed by atoms with van der Waals surface area (Å²) in [5.74, 6) is 0.466. The van der Waals surface area contributed by atoms with Crippen LogP contribution in [0, 0.1) is 5.41 Å². The van der Waals surface area contributed by atoms with Crippen LogP contribution in [0.3, 0.4) is 0 Å². The second-order valence-electron chi connectivity index (χ2n) is 5.42. The van der Waals surface area contributed by atoms with Gasteiger partial charge in [0.25, 0.3) is 0 Å². The Morgan fingerprint density at radius 1 is 1.44 bits per heavy atom. The van der Waals surface area contributed by atoms with Crippen LogP contribution in [-0.4, -0.2) is 40.6 Å². The second-order valence-corrected chi connectivity index (χ2v) is 5.42. The summed E-state index contributed by atoms with van der Waals surface area (Å²) in [4.78, 5) is 6.29. The van der Waals surface area contributed by atoms with Gasteiger partial charge in [0.2, 0.25) is 0 Å². The Balaban J connectivity index is 1.65. The van der Waals surface area contributed by atoms with Crippen molar-refractivity contribution in [2.24, 2.45) is 5.41 Å². The van der Waals surface area contributed by atoms with Gasteiger partial charge in [-0.2, -0.15) is 8.78 Å². The molecule has 100 valence electrons. The van der Waals surface area contributed by atoms with E-state index in [2.05, 4.69) is 15.2 Å². The van der Waals surface area contributed by atoms with Crippen molar-refractivity contribution in [2.45, 2.75) is 25.9 Å². The topological polar surface area (TPSA) is 33.1 Å². The molecule has 1 unspecified atom stereocenters. The van der Waals surface area contributed by atoms with Gasteiger partial charge in [-0.05, 0) is 31.3 Å². The van der Waals surface area contributed by atoms with Gasteiger partial charge in [0.15, 0.2) is 0 Å². The molecule has 4 nitrogen and oxygen atoms in total. The lowest BCUT2D eigenvalue weighted by atomic mass is 9.87. The Morgan fingerprint density at radius 3 is 3.06 bits per heavy atom. The normalized spacial score (nSPS) is 28.8. The number of aromatic nitrogens is 2. The molecule has 0 bridgehead atoms. The largest absolute Gasteiger partial charge is 0.319 e. The van der Waals surface area contributed by atoms with Gasteiger partial charge in [-0.3, -0.25) is 9.47 Å². The fourth-order valence-corrected chi connectivity index (χ4v) is 3.15. The number of hydrogen-bond donors (Lipinski definition) is 1. The van der Waals surface area contributed by atoms with Crippen molar-refractivity contribution in [1.29, 1.82) is 0 Å². The molecule has 1 spiro atoms. The van der Waals surface area contributed by atoms with E-state index in [1.165, 1.54) is 18.8 Å². The van der Waals surface area contributed by atoms with Gasteiger partial charge in [0.1, 0.15) is 5.82 Å². The number of nitrogens with one attached hydrogen (secondary N) is 1. The summed E-state index contributed by atoms with van der Waals surface area (Å²) in [7, 11) is 0. The van der Waals surface area contributed by atoms with Crippen LogP contribution in [0.2, 0.25) is 0 Å². The van der Waals surface area contributed by atoms with Gasteiger partial charge >= 0.3 is 6.55 Å². The zero-order valence-corrected chi connectivity index (χ0v) is 10.3. The number of nitrogens with zero attached hydrogens (tertiary/aromatic N) is 3. The first-order chi connectivity index (χ1) is 8.69. The maximum atomic E-state index is 12.7. The Labute approximate surface area is 105 Å². The summed E-state index contributed by atoms with van der Waals surface area (Å²) in [6, 6.07) is 0. The highest BCUT2D eigenvalue weighted by Gasteiger charge is 2.40. The molecule has 1 aromatic heterocycles. The number of hydrogen-bond acceptors (Lipinski definition) is 3. The standard InChI is InChI=1S/C12H18F2N4/c13-11(14)18-6-4-16-10(18)7-17-5-2-12(9-17)1-3-15-8-12/h4,6,11,15H,1-3,5,7-9H2. The molecule has 2 saturated heterocycles. The molecule has 2 fully saturated rings. The van der Waals surface area contributed by atoms with Crippen molar-refractivity contribution in [2.75, 3.05) is 26.2 Å². The van der Waals surface area contributed by atoms with E-state index < -0.39 is 6.55 Å². The molecule has 2 aliphatic rings. The minimum Gasteiger partial charge on any atom is -0.316 e. The predicted octanol–water partition coefficient (Wildman–Crippen LogP) is 1.46. The van der Waals surface area contributed by atoms with Crippen molar-refractivity contribution in [3.05, 3.63) is 18.2 Å². The molecule has 3 rings (SSSR count). The van der Waals surface area contributed by atoms with Crippen LogP contribution in [0.5, 0.6) is 0 Å². The number of rotatable bonds is 3. The summed E-state index contributed by atoms with van der Waals surface area (Å²) < 4.78 is 26.4. The van der Waals surface area contributed by atoms with E-state index in [0.29, 0.717) is 17.8 Å². The SMILES string of the molecule is FC(F)n1ccnc1CN1CCC2(CCNC2)C1. The number of imidazole rings is 1. The lowest BCUT2D eigenvalue weighted by Crippen LogP contribution is -2.29. The Morgan fingerprint density at radius 2 is 2.33 bits per heavy atom. The third-order valence-corrected chi connectivity index (χ3v) is 4.17. The molecule has 1 atom stereocenters. The van der Waals surface area contributed by atoms with Crippen LogP contribution >= 0.6 is 0 Å². The molecular weight excluding hydrogens is 238 g/mol. The van der Waals surface area contributed by atoms with Crippen LogP contribution in [0.15, 0.2) is 12.4 Å². The van der Waals surface area contributed by atoms with Crippen LogP contribution in [0.4, 0.5) is 8.78 Å². The number of halogens is 2. The molecule has 6 heteroatoms. The maximum Gasteiger partial charge on any atom is 0.319 e. The fraction of sp³-hybridized carbons (Fsp3) is 0.750. The van der Waals surface area contributed by atoms with E-state index in [1.807, 2.05) is 0 Å². The number of alkyl halides is 2. The van der Waals surface area contributed by atoms with Crippen molar-refractivity contribution in [3.63, 3.8) is 0 Å². The van der Waals surface area contributed by atoms with Crippen LogP contribution in [-0.2, 0) is 6.54 Å².